The van der Waals surface area contributed by atoms with Crippen molar-refractivity contribution in [3.63, 3.8) is 0 Å². The maximum Gasteiger partial charge on any atom is 0.320 e. The van der Waals surface area contributed by atoms with E-state index in [1.54, 1.807) is 0 Å². The Kier molecular flexibility index (Phi) is 7.48. The van der Waals surface area contributed by atoms with Crippen molar-refractivity contribution in [1.82, 2.24) is 10.2 Å². The van der Waals surface area contributed by atoms with Crippen LogP contribution in [0.2, 0.25) is 0 Å². The van der Waals surface area contributed by atoms with E-state index in [-0.39, 0.29) is 12.5 Å². The summed E-state index contributed by atoms with van der Waals surface area (Å²) in [6.07, 6.45) is 1.06. The molecule has 0 bridgehead atoms. The molecule has 4 nitrogen and oxygen atoms in total. The first-order valence-corrected chi connectivity index (χ1v) is 6.70. The van der Waals surface area contributed by atoms with Crippen LogP contribution in [-0.4, -0.2) is 49.7 Å². The van der Waals surface area contributed by atoms with Crippen molar-refractivity contribution in [3.05, 3.63) is 0 Å². The van der Waals surface area contributed by atoms with Crippen molar-refractivity contribution in [3.8, 4) is 0 Å². The summed E-state index contributed by atoms with van der Waals surface area (Å²) in [5, 5.41) is 3.29. The second-order valence-corrected chi connectivity index (χ2v) is 6.56. The highest BCUT2D eigenvalue weighted by Gasteiger charge is 2.18. The van der Waals surface area contributed by atoms with E-state index >= 15 is 0 Å². The predicted octanol–water partition coefficient (Wildman–Crippen LogP) is 1.89. The molecule has 0 aliphatic carbocycles. The Morgan fingerprint density at radius 2 is 1.83 bits per heavy atom. The van der Waals surface area contributed by atoms with Gasteiger partial charge in [-0.15, -0.1) is 0 Å². The van der Waals surface area contributed by atoms with Crippen LogP contribution >= 0.6 is 0 Å². The van der Waals surface area contributed by atoms with Crippen molar-refractivity contribution in [1.29, 1.82) is 0 Å². The Balaban J connectivity index is 4.13. The van der Waals surface area contributed by atoms with Gasteiger partial charge in [0.25, 0.3) is 0 Å². The van der Waals surface area contributed by atoms with Crippen molar-refractivity contribution in [2.24, 2.45) is 5.92 Å². The minimum absolute atomic E-state index is 0.185. The van der Waals surface area contributed by atoms with Crippen molar-refractivity contribution < 1.29 is 9.53 Å². The maximum absolute atomic E-state index is 11.6. The van der Waals surface area contributed by atoms with Gasteiger partial charge in [-0.1, -0.05) is 13.8 Å². The average molecular weight is 258 g/mol. The summed E-state index contributed by atoms with van der Waals surface area (Å²) in [4.78, 5) is 13.8. The fourth-order valence-corrected chi connectivity index (χ4v) is 1.84. The van der Waals surface area contributed by atoms with Crippen LogP contribution in [0.15, 0.2) is 0 Å². The first-order chi connectivity index (χ1) is 8.10. The van der Waals surface area contributed by atoms with Crippen molar-refractivity contribution in [2.75, 3.05) is 27.2 Å². The third kappa shape index (κ3) is 10.5. The smallest absolute Gasteiger partial charge is 0.320 e. The second-order valence-electron chi connectivity index (χ2n) is 6.56. The second kappa shape index (κ2) is 7.74. The minimum atomic E-state index is -0.409. The topological polar surface area (TPSA) is 41.6 Å². The molecule has 18 heavy (non-hydrogen) atoms. The standard InChI is InChI=1S/C14H30N2O2/c1-11(2)8-12(10-16(6)7)15-9-13(17)18-14(3,4)5/h11-12,15H,8-10H2,1-7H3. The number of carbonyl (C=O) groups excluding carboxylic acids is 1. The molecule has 1 N–H and O–H groups in total. The number of likely N-dealkylation sites (N-methyl/N-ethyl adjacent to an activating group) is 1. The molecule has 0 rings (SSSR count). The fraction of sp³-hybridized carbons (Fsp3) is 0.929. The van der Waals surface area contributed by atoms with Gasteiger partial charge in [0.1, 0.15) is 5.60 Å². The zero-order chi connectivity index (χ0) is 14.3. The molecule has 0 fully saturated rings. The highest BCUT2D eigenvalue weighted by Crippen LogP contribution is 2.08. The molecule has 1 atom stereocenters. The summed E-state index contributed by atoms with van der Waals surface area (Å²) in [6.45, 7) is 11.3. The molecule has 0 heterocycles. The molecule has 0 radical (unpaired) electrons. The maximum atomic E-state index is 11.6. The van der Waals surface area contributed by atoms with E-state index in [0.29, 0.717) is 12.0 Å². The van der Waals surface area contributed by atoms with E-state index in [1.165, 1.54) is 0 Å². The van der Waals surface area contributed by atoms with Crippen molar-refractivity contribution in [2.45, 2.75) is 52.7 Å². The molecule has 0 spiro atoms. The Hall–Kier alpha value is -0.610. The van der Waals surface area contributed by atoms with Crippen LogP contribution in [0.5, 0.6) is 0 Å². The van der Waals surface area contributed by atoms with E-state index in [9.17, 15) is 4.79 Å². The van der Waals surface area contributed by atoms with Gasteiger partial charge in [0.05, 0.1) is 6.54 Å². The molecule has 4 heteroatoms. The van der Waals surface area contributed by atoms with Gasteiger partial charge in [-0.3, -0.25) is 4.79 Å². The minimum Gasteiger partial charge on any atom is -0.459 e. The lowest BCUT2D eigenvalue weighted by Crippen LogP contribution is -2.43. The van der Waals surface area contributed by atoms with Gasteiger partial charge in [0, 0.05) is 12.6 Å². The number of carbonyl (C=O) groups is 1. The summed E-state index contributed by atoms with van der Waals surface area (Å²) >= 11 is 0. The van der Waals surface area contributed by atoms with Crippen LogP contribution < -0.4 is 5.32 Å². The molecule has 0 saturated heterocycles. The predicted molar refractivity (Wildman–Crippen MR) is 75.6 cm³/mol. The zero-order valence-corrected chi connectivity index (χ0v) is 13.0. The normalized spacial score (nSPS) is 14.1. The first kappa shape index (κ1) is 17.4. The largest absolute Gasteiger partial charge is 0.459 e. The number of ether oxygens (including phenoxy) is 1. The molecular formula is C14H30N2O2. The molecule has 0 amide bonds. The Labute approximate surface area is 112 Å². The zero-order valence-electron chi connectivity index (χ0n) is 13.0. The van der Waals surface area contributed by atoms with Crippen LogP contribution in [0.1, 0.15) is 41.0 Å². The summed E-state index contributed by atoms with van der Waals surface area (Å²) in [6, 6.07) is 0.326. The van der Waals surface area contributed by atoms with E-state index in [2.05, 4.69) is 24.1 Å². The molecule has 0 aromatic rings. The quantitative estimate of drug-likeness (QED) is 0.708. The van der Waals surface area contributed by atoms with Crippen molar-refractivity contribution >= 4 is 5.97 Å². The molecule has 108 valence electrons. The number of nitrogens with one attached hydrogen (secondary N) is 1. The van der Waals surface area contributed by atoms with Gasteiger partial charge in [-0.2, -0.15) is 0 Å². The molecule has 0 aromatic heterocycles. The number of esters is 1. The van der Waals surface area contributed by atoms with Gasteiger partial charge < -0.3 is 15.0 Å². The SMILES string of the molecule is CC(C)CC(CN(C)C)NCC(=O)OC(C)(C)C. The van der Waals surface area contributed by atoms with Crippen LogP contribution in [0.4, 0.5) is 0 Å². The van der Waals surface area contributed by atoms with Gasteiger partial charge in [-0.05, 0) is 47.2 Å². The molecule has 0 aliphatic heterocycles. The molecule has 0 aromatic carbocycles. The van der Waals surface area contributed by atoms with Crippen LogP contribution in [0.3, 0.4) is 0 Å². The Bertz CT molecular complexity index is 235. The lowest BCUT2D eigenvalue weighted by atomic mass is 10.0. The fourth-order valence-electron chi connectivity index (χ4n) is 1.84. The molecular weight excluding hydrogens is 228 g/mol. The average Bonchev–Trinajstić information content (AvgIpc) is 2.09. The van der Waals surface area contributed by atoms with E-state index in [0.717, 1.165) is 13.0 Å². The highest BCUT2D eigenvalue weighted by molar-refractivity contribution is 5.72. The summed E-state index contributed by atoms with van der Waals surface area (Å²) in [5.41, 5.74) is -0.409. The monoisotopic (exact) mass is 258 g/mol. The molecule has 1 unspecified atom stereocenters. The van der Waals surface area contributed by atoms with Crippen LogP contribution in [0.25, 0.3) is 0 Å². The number of hydrogen-bond acceptors (Lipinski definition) is 4. The first-order valence-electron chi connectivity index (χ1n) is 6.70. The third-order valence-corrected chi connectivity index (χ3v) is 2.30. The van der Waals surface area contributed by atoms with Gasteiger partial charge in [-0.25, -0.2) is 0 Å². The summed E-state index contributed by atoms with van der Waals surface area (Å²) in [7, 11) is 4.09. The van der Waals surface area contributed by atoms with E-state index in [4.69, 9.17) is 4.74 Å². The number of nitrogens with zero attached hydrogens (tertiary/aromatic N) is 1. The molecule has 0 aliphatic rings. The van der Waals surface area contributed by atoms with Crippen LogP contribution in [0, 0.1) is 5.92 Å². The number of hydrogen-bond donors (Lipinski definition) is 1. The van der Waals surface area contributed by atoms with Gasteiger partial charge in [0.2, 0.25) is 0 Å². The van der Waals surface area contributed by atoms with E-state index < -0.39 is 5.60 Å². The molecule has 0 saturated carbocycles. The van der Waals surface area contributed by atoms with E-state index in [1.807, 2.05) is 34.9 Å². The lowest BCUT2D eigenvalue weighted by molar-refractivity contribution is -0.153. The summed E-state index contributed by atoms with van der Waals surface area (Å²) in [5.74, 6) is 0.427. The lowest BCUT2D eigenvalue weighted by Gasteiger charge is -2.25. The highest BCUT2D eigenvalue weighted by atomic mass is 16.6. The summed E-state index contributed by atoms with van der Waals surface area (Å²) < 4.78 is 5.28. The van der Waals surface area contributed by atoms with Gasteiger partial charge in [0.15, 0.2) is 0 Å². The Morgan fingerprint density at radius 1 is 1.28 bits per heavy atom. The third-order valence-electron chi connectivity index (χ3n) is 2.30. The Morgan fingerprint density at radius 3 is 2.22 bits per heavy atom. The van der Waals surface area contributed by atoms with Gasteiger partial charge >= 0.3 is 5.97 Å². The number of rotatable bonds is 7. The van der Waals surface area contributed by atoms with Crippen LogP contribution in [-0.2, 0) is 9.53 Å².